The predicted molar refractivity (Wildman–Crippen MR) is 90.6 cm³/mol. The van der Waals surface area contributed by atoms with Crippen molar-refractivity contribution in [3.05, 3.63) is 60.0 Å². The summed E-state index contributed by atoms with van der Waals surface area (Å²) in [5, 5.41) is 4.51. The summed E-state index contributed by atoms with van der Waals surface area (Å²) in [5.74, 6) is 0. The van der Waals surface area contributed by atoms with E-state index in [1.807, 2.05) is 24.3 Å². The van der Waals surface area contributed by atoms with Gasteiger partial charge < -0.3 is 5.32 Å². The van der Waals surface area contributed by atoms with E-state index in [9.17, 15) is 0 Å². The predicted octanol–water partition coefficient (Wildman–Crippen LogP) is 5.97. The van der Waals surface area contributed by atoms with Gasteiger partial charge in [0.15, 0.2) is 0 Å². The lowest BCUT2D eigenvalue weighted by molar-refractivity contribution is 1.15. The highest BCUT2D eigenvalue weighted by Crippen LogP contribution is 2.26. The molecule has 94 valence electrons. The molecule has 0 bridgehead atoms. The molecular weight excluding hydrogens is 448 g/mol. The van der Waals surface area contributed by atoms with Crippen molar-refractivity contribution in [1.29, 1.82) is 0 Å². The van der Waals surface area contributed by atoms with Crippen molar-refractivity contribution >= 4 is 67.4 Å². The summed E-state index contributed by atoms with van der Waals surface area (Å²) in [5.41, 5.74) is 2.15. The number of halogens is 4. The van der Waals surface area contributed by atoms with Gasteiger partial charge in [-0.2, -0.15) is 0 Å². The molecule has 0 fully saturated rings. The minimum atomic E-state index is 0.580. The molecule has 0 unspecified atom stereocenters. The third kappa shape index (κ3) is 3.76. The lowest BCUT2D eigenvalue weighted by atomic mass is 10.2. The number of benzene rings is 2. The third-order valence-electron chi connectivity index (χ3n) is 2.40. The van der Waals surface area contributed by atoms with Crippen molar-refractivity contribution in [2.24, 2.45) is 0 Å². The molecule has 0 amide bonds. The second kappa shape index (κ2) is 6.46. The quantitative estimate of drug-likeness (QED) is 0.561. The first-order chi connectivity index (χ1) is 8.56. The van der Waals surface area contributed by atoms with Crippen LogP contribution >= 0.6 is 61.7 Å². The van der Waals surface area contributed by atoms with Gasteiger partial charge in [-0.1, -0.05) is 29.3 Å². The summed E-state index contributed by atoms with van der Waals surface area (Å²) < 4.78 is 2.24. The minimum absolute atomic E-state index is 0.580. The van der Waals surface area contributed by atoms with Crippen LogP contribution in [0.3, 0.4) is 0 Å². The lowest BCUT2D eigenvalue weighted by Crippen LogP contribution is -2.00. The summed E-state index contributed by atoms with van der Waals surface area (Å²) in [4.78, 5) is 0. The monoisotopic (exact) mass is 455 g/mol. The van der Waals surface area contributed by atoms with Gasteiger partial charge in [0.2, 0.25) is 0 Å². The largest absolute Gasteiger partial charge is 0.380 e. The molecular formula is C13H9BrCl2IN. The zero-order valence-electron chi connectivity index (χ0n) is 9.18. The molecule has 5 heteroatoms. The highest BCUT2D eigenvalue weighted by molar-refractivity contribution is 14.1. The molecule has 2 aromatic rings. The maximum absolute atomic E-state index is 5.98. The number of nitrogens with one attached hydrogen (secondary N) is 1. The highest BCUT2D eigenvalue weighted by atomic mass is 127. The number of hydrogen-bond acceptors (Lipinski definition) is 1. The molecule has 0 radical (unpaired) electrons. The number of hydrogen-bond donors (Lipinski definition) is 1. The van der Waals surface area contributed by atoms with Crippen LogP contribution in [0.5, 0.6) is 0 Å². The summed E-state index contributed by atoms with van der Waals surface area (Å²) in [7, 11) is 0. The Balaban J connectivity index is 2.09. The SMILES string of the molecule is Clc1ccc(CNc2ccc(I)cc2Br)cc1Cl. The Bertz CT molecular complexity index is 575. The van der Waals surface area contributed by atoms with E-state index in [0.29, 0.717) is 16.6 Å². The summed E-state index contributed by atoms with van der Waals surface area (Å²) >= 11 is 17.7. The van der Waals surface area contributed by atoms with E-state index in [1.165, 1.54) is 3.57 Å². The maximum Gasteiger partial charge on any atom is 0.0595 e. The van der Waals surface area contributed by atoms with Gasteiger partial charge in [-0.25, -0.2) is 0 Å². The van der Waals surface area contributed by atoms with Crippen LogP contribution in [0.25, 0.3) is 0 Å². The topological polar surface area (TPSA) is 12.0 Å². The van der Waals surface area contributed by atoms with E-state index in [0.717, 1.165) is 15.7 Å². The van der Waals surface area contributed by atoms with Gasteiger partial charge in [0.05, 0.1) is 10.0 Å². The van der Waals surface area contributed by atoms with E-state index in [-0.39, 0.29) is 0 Å². The molecule has 0 saturated heterocycles. The molecule has 0 spiro atoms. The van der Waals surface area contributed by atoms with Crippen molar-refractivity contribution in [2.75, 3.05) is 5.32 Å². The van der Waals surface area contributed by atoms with Gasteiger partial charge in [0, 0.05) is 20.3 Å². The third-order valence-corrected chi connectivity index (χ3v) is 4.46. The summed E-state index contributed by atoms with van der Waals surface area (Å²) in [6.45, 7) is 0.704. The second-order valence-electron chi connectivity index (χ2n) is 3.73. The first-order valence-electron chi connectivity index (χ1n) is 5.19. The Morgan fingerprint density at radius 3 is 2.50 bits per heavy atom. The van der Waals surface area contributed by atoms with Gasteiger partial charge in [0.25, 0.3) is 0 Å². The Labute approximate surface area is 138 Å². The molecule has 0 aliphatic carbocycles. The van der Waals surface area contributed by atoms with Crippen molar-refractivity contribution < 1.29 is 0 Å². The van der Waals surface area contributed by atoms with Gasteiger partial charge in [-0.05, 0) is 74.4 Å². The molecule has 0 saturated carbocycles. The van der Waals surface area contributed by atoms with Gasteiger partial charge in [0.1, 0.15) is 0 Å². The average molecular weight is 457 g/mol. The van der Waals surface area contributed by atoms with Crippen LogP contribution in [0.1, 0.15) is 5.56 Å². The van der Waals surface area contributed by atoms with E-state index in [4.69, 9.17) is 23.2 Å². The first kappa shape index (κ1) is 14.4. The zero-order chi connectivity index (χ0) is 13.1. The van der Waals surface area contributed by atoms with Crippen molar-refractivity contribution in [2.45, 2.75) is 6.54 Å². The standard InChI is InChI=1S/C13H9BrCl2IN/c14-10-6-9(17)2-4-13(10)18-7-8-1-3-11(15)12(16)5-8/h1-6,18H,7H2. The van der Waals surface area contributed by atoms with Crippen molar-refractivity contribution in [3.8, 4) is 0 Å². The number of rotatable bonds is 3. The maximum atomic E-state index is 5.98. The fraction of sp³-hybridized carbons (Fsp3) is 0.0769. The molecule has 1 N–H and O–H groups in total. The Morgan fingerprint density at radius 2 is 1.83 bits per heavy atom. The van der Waals surface area contributed by atoms with Crippen LogP contribution in [0.15, 0.2) is 40.9 Å². The highest BCUT2D eigenvalue weighted by Gasteiger charge is 2.02. The van der Waals surface area contributed by atoms with E-state index in [1.54, 1.807) is 0 Å². The summed E-state index contributed by atoms with van der Waals surface area (Å²) in [6, 6.07) is 11.8. The van der Waals surface area contributed by atoms with Gasteiger partial charge in [-0.15, -0.1) is 0 Å². The molecule has 2 aromatic carbocycles. The molecule has 0 heterocycles. The van der Waals surface area contributed by atoms with E-state index < -0.39 is 0 Å². The fourth-order valence-electron chi connectivity index (χ4n) is 1.48. The minimum Gasteiger partial charge on any atom is -0.380 e. The van der Waals surface area contributed by atoms with Crippen LogP contribution < -0.4 is 5.32 Å². The van der Waals surface area contributed by atoms with Crippen LogP contribution in [-0.2, 0) is 6.54 Å². The van der Waals surface area contributed by atoms with Gasteiger partial charge >= 0.3 is 0 Å². The van der Waals surface area contributed by atoms with Gasteiger partial charge in [-0.3, -0.25) is 0 Å². The second-order valence-corrected chi connectivity index (χ2v) is 6.64. The Hall–Kier alpha value is 0.0300. The number of anilines is 1. The molecule has 0 aliphatic rings. The van der Waals surface area contributed by atoms with Crippen LogP contribution in [0.4, 0.5) is 5.69 Å². The molecule has 0 atom stereocenters. The molecule has 0 aliphatic heterocycles. The normalized spacial score (nSPS) is 10.4. The van der Waals surface area contributed by atoms with E-state index in [2.05, 4.69) is 56.0 Å². The Morgan fingerprint density at radius 1 is 1.06 bits per heavy atom. The molecule has 1 nitrogen and oxygen atoms in total. The fourth-order valence-corrected chi connectivity index (χ4v) is 3.24. The average Bonchev–Trinajstić information content (AvgIpc) is 2.32. The van der Waals surface area contributed by atoms with Crippen molar-refractivity contribution in [3.63, 3.8) is 0 Å². The van der Waals surface area contributed by atoms with Crippen LogP contribution in [-0.4, -0.2) is 0 Å². The summed E-state index contributed by atoms with van der Waals surface area (Å²) in [6.07, 6.45) is 0. The van der Waals surface area contributed by atoms with Crippen LogP contribution in [0, 0.1) is 3.57 Å². The molecule has 2 rings (SSSR count). The van der Waals surface area contributed by atoms with Crippen molar-refractivity contribution in [1.82, 2.24) is 0 Å². The smallest absolute Gasteiger partial charge is 0.0595 e. The Kier molecular flexibility index (Phi) is 5.18. The van der Waals surface area contributed by atoms with E-state index >= 15 is 0 Å². The van der Waals surface area contributed by atoms with Crippen LogP contribution in [0.2, 0.25) is 10.0 Å². The zero-order valence-corrected chi connectivity index (χ0v) is 14.4. The first-order valence-corrected chi connectivity index (χ1v) is 7.82. The molecule has 0 aromatic heterocycles. The lowest BCUT2D eigenvalue weighted by Gasteiger charge is -2.09. The molecule has 18 heavy (non-hydrogen) atoms.